The summed E-state index contributed by atoms with van der Waals surface area (Å²) in [5, 5.41) is 3.32. The molecule has 1 N–H and O–H groups in total. The molecule has 2 aliphatic rings. The van der Waals surface area contributed by atoms with Gasteiger partial charge >= 0.3 is 0 Å². The summed E-state index contributed by atoms with van der Waals surface area (Å²) >= 11 is 0. The molecule has 2 atom stereocenters. The number of rotatable bonds is 3. The fourth-order valence-corrected chi connectivity index (χ4v) is 2.67. The van der Waals surface area contributed by atoms with Crippen LogP contribution in [0.2, 0.25) is 0 Å². The number of allylic oxidation sites excluding steroid dienone is 1. The molecule has 0 spiro atoms. The first-order valence-electron chi connectivity index (χ1n) is 6.55. The number of nitrogens with one attached hydrogen (secondary N) is 1. The Hall–Kier alpha value is -2.24. The summed E-state index contributed by atoms with van der Waals surface area (Å²) < 4.78 is 18.6. The van der Waals surface area contributed by atoms with Crippen LogP contribution in [0.25, 0.3) is 0 Å². The lowest BCUT2D eigenvalue weighted by molar-refractivity contribution is 0.167. The first-order chi connectivity index (χ1) is 9.78. The van der Waals surface area contributed by atoms with Crippen LogP contribution in [0, 0.1) is 11.3 Å². The molecule has 1 saturated heterocycles. The van der Waals surface area contributed by atoms with Gasteiger partial charge in [0, 0.05) is 12.7 Å². The Morgan fingerprint density at radius 3 is 3.05 bits per heavy atom. The van der Waals surface area contributed by atoms with Crippen molar-refractivity contribution in [3.8, 4) is 0 Å². The van der Waals surface area contributed by atoms with E-state index in [1.54, 1.807) is 18.5 Å². The molecule has 1 unspecified atom stereocenters. The highest BCUT2D eigenvalue weighted by molar-refractivity contribution is 5.25. The van der Waals surface area contributed by atoms with Crippen molar-refractivity contribution >= 4 is 0 Å². The molecule has 3 rings (SSSR count). The minimum absolute atomic E-state index is 0.113. The molecule has 0 amide bonds. The molecule has 104 valence electrons. The molecule has 0 aliphatic carbocycles. The molecule has 1 fully saturated rings. The maximum Gasteiger partial charge on any atom is 0.226 e. The van der Waals surface area contributed by atoms with Gasteiger partial charge in [-0.3, -0.25) is 4.98 Å². The quantitative estimate of drug-likeness (QED) is 0.861. The standard InChI is InChI=1S/C14H15FN4O/c15-11-6-10(7-17-8-11)13-2-1-5-19(13)12-3-4-14(18-16)20-9-12/h3-4,6-9,13-14,16H,1-2,5H2/t13?,14-/m1/s1. The summed E-state index contributed by atoms with van der Waals surface area (Å²) in [6, 6.07) is 1.65. The van der Waals surface area contributed by atoms with Crippen LogP contribution in [0.3, 0.4) is 0 Å². The lowest BCUT2D eigenvalue weighted by Crippen LogP contribution is -2.24. The second-order valence-corrected chi connectivity index (χ2v) is 4.85. The third-order valence-electron chi connectivity index (χ3n) is 3.58. The number of hydrogen-bond donors (Lipinski definition) is 1. The lowest BCUT2D eigenvalue weighted by atomic mass is 10.1. The Morgan fingerprint density at radius 1 is 1.45 bits per heavy atom. The highest BCUT2D eigenvalue weighted by Gasteiger charge is 2.28. The molecule has 0 aromatic carbocycles. The normalized spacial score (nSPS) is 25.2. The van der Waals surface area contributed by atoms with Gasteiger partial charge in [-0.05, 0) is 36.6 Å². The number of hydrogen-bond acceptors (Lipinski definition) is 5. The molecule has 2 aliphatic heterocycles. The SMILES string of the molecule is N=N[C@H]1C=CC(N2CCCC2c2cncc(F)c2)=CO1. The molecule has 0 saturated carbocycles. The van der Waals surface area contributed by atoms with Crippen LogP contribution in [0.4, 0.5) is 4.39 Å². The van der Waals surface area contributed by atoms with E-state index >= 15 is 0 Å². The number of aromatic nitrogens is 1. The number of pyridine rings is 1. The Morgan fingerprint density at radius 2 is 2.35 bits per heavy atom. The average molecular weight is 274 g/mol. The van der Waals surface area contributed by atoms with Gasteiger partial charge in [0.15, 0.2) is 0 Å². The van der Waals surface area contributed by atoms with E-state index < -0.39 is 6.23 Å². The summed E-state index contributed by atoms with van der Waals surface area (Å²) in [4.78, 5) is 6.10. The average Bonchev–Trinajstić information content (AvgIpc) is 2.97. The van der Waals surface area contributed by atoms with Crippen LogP contribution in [-0.2, 0) is 4.74 Å². The van der Waals surface area contributed by atoms with Gasteiger partial charge in [0.1, 0.15) is 12.1 Å². The number of halogens is 1. The predicted octanol–water partition coefficient (Wildman–Crippen LogP) is 3.14. The largest absolute Gasteiger partial charge is 0.469 e. The van der Waals surface area contributed by atoms with E-state index in [-0.39, 0.29) is 11.9 Å². The zero-order valence-corrected chi connectivity index (χ0v) is 10.9. The minimum atomic E-state index is -0.532. The number of ether oxygens (including phenoxy) is 1. The van der Waals surface area contributed by atoms with Crippen molar-refractivity contribution in [2.75, 3.05) is 6.54 Å². The van der Waals surface area contributed by atoms with Gasteiger partial charge in [0.2, 0.25) is 6.23 Å². The molecular formula is C14H15FN4O. The minimum Gasteiger partial charge on any atom is -0.469 e. The summed E-state index contributed by atoms with van der Waals surface area (Å²) in [7, 11) is 0. The van der Waals surface area contributed by atoms with E-state index in [2.05, 4.69) is 15.0 Å². The molecule has 0 bridgehead atoms. The smallest absolute Gasteiger partial charge is 0.226 e. The van der Waals surface area contributed by atoms with Gasteiger partial charge < -0.3 is 9.64 Å². The van der Waals surface area contributed by atoms with Gasteiger partial charge in [-0.15, -0.1) is 5.11 Å². The van der Waals surface area contributed by atoms with Gasteiger partial charge in [-0.1, -0.05) is 0 Å². The van der Waals surface area contributed by atoms with Gasteiger partial charge in [0.25, 0.3) is 0 Å². The van der Waals surface area contributed by atoms with Gasteiger partial charge in [-0.2, -0.15) is 0 Å². The molecule has 6 heteroatoms. The van der Waals surface area contributed by atoms with Crippen LogP contribution in [-0.4, -0.2) is 22.7 Å². The zero-order valence-electron chi connectivity index (χ0n) is 10.9. The van der Waals surface area contributed by atoms with Crippen molar-refractivity contribution in [2.24, 2.45) is 5.11 Å². The van der Waals surface area contributed by atoms with Crippen LogP contribution >= 0.6 is 0 Å². The lowest BCUT2D eigenvalue weighted by Gasteiger charge is -2.29. The number of likely N-dealkylation sites (tertiary alicyclic amines) is 1. The fraction of sp³-hybridized carbons (Fsp3) is 0.357. The predicted molar refractivity (Wildman–Crippen MR) is 70.1 cm³/mol. The highest BCUT2D eigenvalue weighted by atomic mass is 19.1. The summed E-state index contributed by atoms with van der Waals surface area (Å²) in [6.45, 7) is 0.892. The van der Waals surface area contributed by atoms with E-state index in [9.17, 15) is 4.39 Å². The first kappa shape index (κ1) is 12.8. The van der Waals surface area contributed by atoms with Gasteiger partial charge in [0.05, 0.1) is 17.9 Å². The molecule has 1 aromatic heterocycles. The maximum absolute atomic E-state index is 13.3. The van der Waals surface area contributed by atoms with Crippen molar-refractivity contribution in [2.45, 2.75) is 25.1 Å². The van der Waals surface area contributed by atoms with E-state index in [0.717, 1.165) is 30.6 Å². The van der Waals surface area contributed by atoms with Crippen molar-refractivity contribution < 1.29 is 9.13 Å². The van der Waals surface area contributed by atoms with Crippen molar-refractivity contribution in [1.82, 2.24) is 9.88 Å². The van der Waals surface area contributed by atoms with Crippen LogP contribution in [0.1, 0.15) is 24.4 Å². The Kier molecular flexibility index (Phi) is 3.45. The third-order valence-corrected chi connectivity index (χ3v) is 3.58. The van der Waals surface area contributed by atoms with E-state index in [1.807, 2.05) is 6.08 Å². The number of nitrogens with zero attached hydrogens (tertiary/aromatic N) is 3. The molecule has 1 aromatic rings. The van der Waals surface area contributed by atoms with Crippen molar-refractivity contribution in [3.05, 3.63) is 54.0 Å². The van der Waals surface area contributed by atoms with Crippen LogP contribution < -0.4 is 0 Å². The second kappa shape index (κ2) is 5.40. The summed E-state index contributed by atoms with van der Waals surface area (Å²) in [5.41, 5.74) is 8.73. The maximum atomic E-state index is 13.3. The first-order valence-corrected chi connectivity index (χ1v) is 6.55. The van der Waals surface area contributed by atoms with Crippen molar-refractivity contribution in [3.63, 3.8) is 0 Å². The Labute approximate surface area is 116 Å². The Bertz CT molecular complexity index is 572. The summed E-state index contributed by atoms with van der Waals surface area (Å²) in [5.74, 6) is -0.313. The van der Waals surface area contributed by atoms with E-state index in [4.69, 9.17) is 10.3 Å². The van der Waals surface area contributed by atoms with E-state index in [0.29, 0.717) is 0 Å². The topological polar surface area (TPSA) is 61.6 Å². The zero-order chi connectivity index (χ0) is 13.9. The molecule has 20 heavy (non-hydrogen) atoms. The second-order valence-electron chi connectivity index (χ2n) is 4.85. The fourth-order valence-electron chi connectivity index (χ4n) is 2.67. The van der Waals surface area contributed by atoms with Crippen LogP contribution in [0.15, 0.2) is 47.7 Å². The molecule has 3 heterocycles. The van der Waals surface area contributed by atoms with E-state index in [1.165, 1.54) is 12.3 Å². The van der Waals surface area contributed by atoms with Crippen molar-refractivity contribution in [1.29, 1.82) is 5.53 Å². The third kappa shape index (κ3) is 2.41. The van der Waals surface area contributed by atoms with Crippen LogP contribution in [0.5, 0.6) is 0 Å². The molecule has 0 radical (unpaired) electrons. The monoisotopic (exact) mass is 274 g/mol. The Balaban J connectivity index is 1.81. The molecular weight excluding hydrogens is 259 g/mol. The van der Waals surface area contributed by atoms with Gasteiger partial charge in [-0.25, -0.2) is 9.92 Å². The highest BCUT2D eigenvalue weighted by Crippen LogP contribution is 2.35. The summed E-state index contributed by atoms with van der Waals surface area (Å²) in [6.07, 6.45) is 9.65. The molecule has 5 nitrogen and oxygen atoms in total.